The molecule has 0 atom stereocenters. The molecule has 0 unspecified atom stereocenters. The summed E-state index contributed by atoms with van der Waals surface area (Å²) >= 11 is 0. The van der Waals surface area contributed by atoms with E-state index in [0.29, 0.717) is 34.9 Å². The van der Waals surface area contributed by atoms with Crippen LogP contribution in [0.15, 0.2) is 52.4 Å². The lowest BCUT2D eigenvalue weighted by molar-refractivity contribution is 0.230. The molecule has 3 rings (SSSR count). The second kappa shape index (κ2) is 8.56. The van der Waals surface area contributed by atoms with E-state index in [1.54, 1.807) is 24.0 Å². The molecular formula is C21H24N4O3. The molecule has 0 amide bonds. The molecule has 1 aromatic heterocycles. The number of anilines is 1. The Kier molecular flexibility index (Phi) is 5.93. The van der Waals surface area contributed by atoms with Gasteiger partial charge < -0.3 is 9.47 Å². The molecule has 28 heavy (non-hydrogen) atoms. The average Bonchev–Trinajstić information content (AvgIpc) is 2.69. The van der Waals surface area contributed by atoms with Crippen molar-refractivity contribution in [1.82, 2.24) is 9.55 Å². The minimum Gasteiger partial charge on any atom is -0.493 e. The molecule has 1 N–H and O–H groups in total. The Morgan fingerprint density at radius 2 is 2.00 bits per heavy atom. The van der Waals surface area contributed by atoms with Crippen LogP contribution in [0.3, 0.4) is 0 Å². The summed E-state index contributed by atoms with van der Waals surface area (Å²) in [5.74, 6) is 1.63. The van der Waals surface area contributed by atoms with Gasteiger partial charge in [0, 0.05) is 12.1 Å². The highest BCUT2D eigenvalue weighted by Crippen LogP contribution is 2.31. The minimum atomic E-state index is -0.101. The summed E-state index contributed by atoms with van der Waals surface area (Å²) in [6.07, 6.45) is 1.62. The van der Waals surface area contributed by atoms with Crippen molar-refractivity contribution in [3.8, 4) is 11.5 Å². The molecule has 0 aliphatic carbocycles. The number of nitrogens with one attached hydrogen (secondary N) is 1. The van der Waals surface area contributed by atoms with E-state index in [2.05, 4.69) is 15.5 Å². The van der Waals surface area contributed by atoms with Gasteiger partial charge in [0.1, 0.15) is 0 Å². The van der Waals surface area contributed by atoms with Gasteiger partial charge in [-0.1, -0.05) is 18.2 Å². The molecule has 0 aliphatic rings. The number of benzene rings is 2. The number of hydrazone groups is 1. The van der Waals surface area contributed by atoms with Crippen LogP contribution >= 0.6 is 0 Å². The predicted octanol–water partition coefficient (Wildman–Crippen LogP) is 3.66. The van der Waals surface area contributed by atoms with Crippen molar-refractivity contribution in [3.05, 3.63) is 58.4 Å². The topological polar surface area (TPSA) is 77.7 Å². The Balaban J connectivity index is 1.95. The van der Waals surface area contributed by atoms with Crippen molar-refractivity contribution in [2.75, 3.05) is 12.5 Å². The summed E-state index contributed by atoms with van der Waals surface area (Å²) in [5, 5.41) is 4.86. The third-order valence-corrected chi connectivity index (χ3v) is 4.13. The number of rotatable bonds is 7. The van der Waals surface area contributed by atoms with Crippen molar-refractivity contribution in [2.24, 2.45) is 5.10 Å². The monoisotopic (exact) mass is 380 g/mol. The highest BCUT2D eigenvalue weighted by Gasteiger charge is 2.12. The fourth-order valence-corrected chi connectivity index (χ4v) is 2.86. The lowest BCUT2D eigenvalue weighted by Gasteiger charge is -2.15. The second-order valence-electron chi connectivity index (χ2n) is 6.42. The van der Waals surface area contributed by atoms with Crippen LogP contribution in [0, 0.1) is 0 Å². The largest absolute Gasteiger partial charge is 0.493 e. The Hall–Kier alpha value is -3.35. The first-order valence-electron chi connectivity index (χ1n) is 9.17. The first kappa shape index (κ1) is 19.4. The van der Waals surface area contributed by atoms with Crippen molar-refractivity contribution in [1.29, 1.82) is 0 Å². The van der Waals surface area contributed by atoms with Crippen molar-refractivity contribution >= 4 is 23.1 Å². The Bertz CT molecular complexity index is 1060. The van der Waals surface area contributed by atoms with E-state index in [1.165, 1.54) is 0 Å². The molecule has 0 saturated carbocycles. The highest BCUT2D eigenvalue weighted by atomic mass is 16.5. The number of hydrogen-bond donors (Lipinski definition) is 1. The lowest BCUT2D eigenvalue weighted by Crippen LogP contribution is -2.23. The summed E-state index contributed by atoms with van der Waals surface area (Å²) in [4.78, 5) is 17.2. The maximum atomic E-state index is 12.7. The quantitative estimate of drug-likeness (QED) is 0.500. The molecule has 0 radical (unpaired) electrons. The number of para-hydroxylation sites is 2. The van der Waals surface area contributed by atoms with Crippen LogP contribution in [0.4, 0.5) is 5.95 Å². The van der Waals surface area contributed by atoms with Gasteiger partial charge in [-0.15, -0.1) is 0 Å². The van der Waals surface area contributed by atoms with Gasteiger partial charge in [-0.2, -0.15) is 5.10 Å². The van der Waals surface area contributed by atoms with Gasteiger partial charge in [-0.25, -0.2) is 10.4 Å². The molecule has 3 aromatic rings. The summed E-state index contributed by atoms with van der Waals surface area (Å²) in [5.41, 5.74) is 4.17. The van der Waals surface area contributed by atoms with Crippen molar-refractivity contribution < 1.29 is 9.47 Å². The molecule has 2 aromatic carbocycles. The molecule has 0 spiro atoms. The number of aromatic nitrogens is 2. The van der Waals surface area contributed by atoms with E-state index in [9.17, 15) is 4.79 Å². The van der Waals surface area contributed by atoms with E-state index in [-0.39, 0.29) is 11.7 Å². The Morgan fingerprint density at radius 3 is 2.71 bits per heavy atom. The molecule has 146 valence electrons. The third-order valence-electron chi connectivity index (χ3n) is 4.13. The van der Waals surface area contributed by atoms with Crippen LogP contribution in [-0.2, 0) is 6.54 Å². The van der Waals surface area contributed by atoms with Gasteiger partial charge in [0.05, 0.1) is 30.3 Å². The van der Waals surface area contributed by atoms with Gasteiger partial charge in [0.25, 0.3) is 5.56 Å². The first-order chi connectivity index (χ1) is 13.5. The molecule has 7 nitrogen and oxygen atoms in total. The summed E-state index contributed by atoms with van der Waals surface area (Å²) < 4.78 is 12.8. The summed E-state index contributed by atoms with van der Waals surface area (Å²) in [6, 6.07) is 12.8. The van der Waals surface area contributed by atoms with Crippen LogP contribution in [0.25, 0.3) is 10.9 Å². The molecular weight excluding hydrogens is 356 g/mol. The fraction of sp³-hybridized carbons (Fsp3) is 0.286. The smallest absolute Gasteiger partial charge is 0.262 e. The fourth-order valence-electron chi connectivity index (χ4n) is 2.86. The maximum absolute atomic E-state index is 12.7. The lowest BCUT2D eigenvalue weighted by atomic mass is 10.2. The van der Waals surface area contributed by atoms with Crippen LogP contribution in [-0.4, -0.2) is 29.0 Å². The van der Waals surface area contributed by atoms with Gasteiger partial charge in [0.15, 0.2) is 11.5 Å². The second-order valence-corrected chi connectivity index (χ2v) is 6.42. The SMILES string of the molecule is CCn1c(N/N=C\c2cccc(OC)c2OC(C)C)nc2ccccc2c1=O. The van der Waals surface area contributed by atoms with Gasteiger partial charge >= 0.3 is 0 Å². The van der Waals surface area contributed by atoms with Crippen LogP contribution in [0.5, 0.6) is 11.5 Å². The first-order valence-corrected chi connectivity index (χ1v) is 9.17. The average molecular weight is 380 g/mol. The number of ether oxygens (including phenoxy) is 2. The third kappa shape index (κ3) is 3.98. The van der Waals surface area contributed by atoms with Crippen LogP contribution < -0.4 is 20.5 Å². The Morgan fingerprint density at radius 1 is 1.21 bits per heavy atom. The number of methoxy groups -OCH3 is 1. The van der Waals surface area contributed by atoms with E-state index >= 15 is 0 Å². The number of hydrogen-bond acceptors (Lipinski definition) is 6. The van der Waals surface area contributed by atoms with E-state index < -0.39 is 0 Å². The molecule has 0 saturated heterocycles. The maximum Gasteiger partial charge on any atom is 0.262 e. The van der Waals surface area contributed by atoms with Crippen molar-refractivity contribution in [3.63, 3.8) is 0 Å². The zero-order chi connectivity index (χ0) is 20.1. The van der Waals surface area contributed by atoms with Gasteiger partial charge in [-0.05, 0) is 45.0 Å². The molecule has 0 aliphatic heterocycles. The summed E-state index contributed by atoms with van der Waals surface area (Å²) in [7, 11) is 1.60. The highest BCUT2D eigenvalue weighted by molar-refractivity contribution is 5.85. The van der Waals surface area contributed by atoms with E-state index in [4.69, 9.17) is 9.47 Å². The Labute approximate surface area is 163 Å². The van der Waals surface area contributed by atoms with E-state index in [1.807, 2.05) is 57.2 Å². The van der Waals surface area contributed by atoms with Gasteiger partial charge in [-0.3, -0.25) is 9.36 Å². The zero-order valence-corrected chi connectivity index (χ0v) is 16.5. The standard InChI is InChI=1S/C21H24N4O3/c1-5-25-20(26)16-10-6-7-11-17(16)23-21(25)24-22-13-15-9-8-12-18(27-4)19(15)28-14(2)3/h6-14H,5H2,1-4H3,(H,23,24)/b22-13-. The zero-order valence-electron chi connectivity index (χ0n) is 16.5. The summed E-state index contributed by atoms with van der Waals surface area (Å²) in [6.45, 7) is 6.27. The van der Waals surface area contributed by atoms with Crippen molar-refractivity contribution in [2.45, 2.75) is 33.4 Å². The number of nitrogens with zero attached hydrogens (tertiary/aromatic N) is 3. The normalized spacial score (nSPS) is 11.3. The molecule has 1 heterocycles. The van der Waals surface area contributed by atoms with Crippen LogP contribution in [0.1, 0.15) is 26.3 Å². The van der Waals surface area contributed by atoms with Crippen LogP contribution in [0.2, 0.25) is 0 Å². The molecule has 7 heteroatoms. The molecule has 0 fully saturated rings. The molecule has 0 bridgehead atoms. The predicted molar refractivity (Wildman–Crippen MR) is 112 cm³/mol. The minimum absolute atomic E-state index is 0.0103. The number of fused-ring (bicyclic) bond motifs is 1. The van der Waals surface area contributed by atoms with E-state index in [0.717, 1.165) is 5.56 Å². The van der Waals surface area contributed by atoms with Gasteiger partial charge in [0.2, 0.25) is 5.95 Å².